The first kappa shape index (κ1) is 17.6. The molecule has 0 aliphatic carbocycles. The lowest BCUT2D eigenvalue weighted by Gasteiger charge is -2.17. The molecule has 0 saturated heterocycles. The topological polar surface area (TPSA) is 66.3 Å². The van der Waals surface area contributed by atoms with Crippen LogP contribution in [0.1, 0.15) is 5.69 Å². The number of fused-ring (bicyclic) bond motifs is 1. The predicted molar refractivity (Wildman–Crippen MR) is 112 cm³/mol. The first-order valence-electron chi connectivity index (χ1n) is 9.18. The molecule has 0 amide bonds. The molecule has 1 aromatic carbocycles. The average Bonchev–Trinajstić information content (AvgIpc) is 3.43. The number of benzene rings is 1. The van der Waals surface area contributed by atoms with Crippen LogP contribution in [0.25, 0.3) is 34.0 Å². The lowest BCUT2D eigenvalue weighted by molar-refractivity contribution is 0.637. The Labute approximate surface area is 172 Å². The highest BCUT2D eigenvalue weighted by molar-refractivity contribution is 6.36. The third-order valence-corrected chi connectivity index (χ3v) is 5.44. The van der Waals surface area contributed by atoms with Crippen molar-refractivity contribution < 1.29 is 0 Å². The van der Waals surface area contributed by atoms with Crippen LogP contribution in [-0.4, -0.2) is 34.1 Å². The maximum atomic E-state index is 7.00. The second-order valence-corrected chi connectivity index (χ2v) is 7.31. The molecule has 0 N–H and O–H groups in total. The molecule has 7 nitrogen and oxygen atoms in total. The van der Waals surface area contributed by atoms with E-state index >= 15 is 0 Å². The van der Waals surface area contributed by atoms with Gasteiger partial charge in [0.15, 0.2) is 0 Å². The molecule has 2 aliphatic heterocycles. The van der Waals surface area contributed by atoms with Crippen LogP contribution in [0.4, 0.5) is 0 Å². The quantitative estimate of drug-likeness (QED) is 0.456. The second kappa shape index (κ2) is 6.86. The minimum absolute atomic E-state index is 0.517. The first-order chi connectivity index (χ1) is 14.1. The molecule has 2 aromatic heterocycles. The summed E-state index contributed by atoms with van der Waals surface area (Å²) in [5.74, 6) is 0.521. The van der Waals surface area contributed by atoms with Crippen molar-refractivity contribution in [1.29, 1.82) is 0 Å². The van der Waals surface area contributed by atoms with Crippen LogP contribution in [0.3, 0.4) is 0 Å². The number of imidazole rings is 1. The molecule has 0 fully saturated rings. The van der Waals surface area contributed by atoms with E-state index in [0.29, 0.717) is 17.4 Å². The summed E-state index contributed by atoms with van der Waals surface area (Å²) >= 11 is 7.00. The van der Waals surface area contributed by atoms with Gasteiger partial charge < -0.3 is 9.13 Å². The molecule has 4 heterocycles. The van der Waals surface area contributed by atoms with Gasteiger partial charge in [-0.25, -0.2) is 4.98 Å². The van der Waals surface area contributed by atoms with Crippen LogP contribution < -0.4 is 0 Å². The zero-order valence-electron chi connectivity index (χ0n) is 16.0. The maximum absolute atomic E-state index is 7.00. The monoisotopic (exact) mass is 403 g/mol. The van der Waals surface area contributed by atoms with E-state index in [-0.39, 0.29) is 0 Å². The van der Waals surface area contributed by atoms with Crippen LogP contribution in [0.2, 0.25) is 5.02 Å². The standard InChI is InChI=1S/C21H18ClN7/c1-27-10-6-9-16(27)19-17-18(22)20(14-7-4-3-5-8-14)29(26-21(17)25-24-19)12-15-11-23-13-28(15)2/h3-11,13H,12H2,1-2H3. The van der Waals surface area contributed by atoms with Gasteiger partial charge in [0.1, 0.15) is 5.69 Å². The number of hydrogen-bond donors (Lipinski definition) is 0. The van der Waals surface area contributed by atoms with Gasteiger partial charge >= 0.3 is 0 Å². The minimum Gasteiger partial charge on any atom is -0.349 e. The van der Waals surface area contributed by atoms with Gasteiger partial charge in [0.2, 0.25) is 5.82 Å². The Morgan fingerprint density at radius 2 is 1.79 bits per heavy atom. The van der Waals surface area contributed by atoms with Crippen molar-refractivity contribution in [3.8, 4) is 34.0 Å². The van der Waals surface area contributed by atoms with Crippen molar-refractivity contribution in [3.05, 3.63) is 71.9 Å². The summed E-state index contributed by atoms with van der Waals surface area (Å²) in [4.78, 5) is 4.21. The van der Waals surface area contributed by atoms with E-state index in [1.165, 1.54) is 0 Å². The van der Waals surface area contributed by atoms with Crippen LogP contribution >= 0.6 is 11.6 Å². The summed E-state index contributed by atoms with van der Waals surface area (Å²) in [5.41, 5.74) is 5.25. The number of rotatable bonds is 4. The summed E-state index contributed by atoms with van der Waals surface area (Å²) in [5, 5.41) is 14.1. The highest BCUT2D eigenvalue weighted by Gasteiger charge is 2.27. The second-order valence-electron chi connectivity index (χ2n) is 6.93. The molecule has 5 rings (SSSR count). The minimum atomic E-state index is 0.517. The number of nitrogens with zero attached hydrogens (tertiary/aromatic N) is 7. The Hall–Kier alpha value is -3.45. The fraction of sp³-hybridized carbons (Fsp3) is 0.143. The molecule has 0 saturated carbocycles. The van der Waals surface area contributed by atoms with E-state index in [9.17, 15) is 0 Å². The van der Waals surface area contributed by atoms with Crippen LogP contribution in [0, 0.1) is 0 Å². The highest BCUT2D eigenvalue weighted by Crippen LogP contribution is 2.41. The molecule has 144 valence electrons. The maximum Gasteiger partial charge on any atom is 0.205 e. The van der Waals surface area contributed by atoms with E-state index in [0.717, 1.165) is 33.9 Å². The lowest BCUT2D eigenvalue weighted by atomic mass is 10.1. The fourth-order valence-corrected chi connectivity index (χ4v) is 3.92. The molecule has 0 spiro atoms. The van der Waals surface area contributed by atoms with Crippen molar-refractivity contribution in [1.82, 2.24) is 34.1 Å². The SMILES string of the molecule is Cn1cncc1Cn1nc2nnc(-c3cccn3C)c-2c(Cl)c1-c1ccccc1. The molecule has 0 bridgehead atoms. The summed E-state index contributed by atoms with van der Waals surface area (Å²) in [6, 6.07) is 14.0. The van der Waals surface area contributed by atoms with Gasteiger partial charge in [-0.3, -0.25) is 4.68 Å². The number of aryl methyl sites for hydroxylation is 2. The Morgan fingerprint density at radius 3 is 2.48 bits per heavy atom. The Bertz CT molecular complexity index is 1270. The fourth-order valence-electron chi connectivity index (χ4n) is 3.53. The van der Waals surface area contributed by atoms with Gasteiger partial charge in [0.25, 0.3) is 0 Å². The molecule has 0 atom stereocenters. The molecule has 29 heavy (non-hydrogen) atoms. The molecule has 0 radical (unpaired) electrons. The van der Waals surface area contributed by atoms with Gasteiger partial charge in [0, 0.05) is 25.9 Å². The molecule has 2 aliphatic rings. The van der Waals surface area contributed by atoms with Crippen LogP contribution in [0.5, 0.6) is 0 Å². The summed E-state index contributed by atoms with van der Waals surface area (Å²) in [7, 11) is 3.93. The van der Waals surface area contributed by atoms with Gasteiger partial charge in [-0.1, -0.05) is 41.9 Å². The third kappa shape index (κ3) is 2.91. The largest absolute Gasteiger partial charge is 0.349 e. The molecular formula is C21H18ClN7. The number of hydrogen-bond acceptors (Lipinski definition) is 4. The number of halogens is 1. The molecular weight excluding hydrogens is 386 g/mol. The van der Waals surface area contributed by atoms with E-state index in [4.69, 9.17) is 16.7 Å². The smallest absolute Gasteiger partial charge is 0.205 e. The van der Waals surface area contributed by atoms with Gasteiger partial charge in [-0.2, -0.15) is 0 Å². The summed E-state index contributed by atoms with van der Waals surface area (Å²) < 4.78 is 5.84. The van der Waals surface area contributed by atoms with Crippen LogP contribution in [0.15, 0.2) is 61.2 Å². The lowest BCUT2D eigenvalue weighted by Crippen LogP contribution is -2.13. The van der Waals surface area contributed by atoms with Crippen LogP contribution in [-0.2, 0) is 20.6 Å². The van der Waals surface area contributed by atoms with Gasteiger partial charge in [-0.15, -0.1) is 15.3 Å². The molecule has 0 unspecified atom stereocenters. The zero-order valence-corrected chi connectivity index (χ0v) is 16.7. The van der Waals surface area contributed by atoms with Crippen molar-refractivity contribution in [3.63, 3.8) is 0 Å². The summed E-state index contributed by atoms with van der Waals surface area (Å²) in [6.45, 7) is 0.517. The zero-order chi connectivity index (χ0) is 20.0. The Kier molecular flexibility index (Phi) is 4.17. The van der Waals surface area contributed by atoms with E-state index in [2.05, 4.69) is 15.2 Å². The van der Waals surface area contributed by atoms with Crippen molar-refractivity contribution in [2.45, 2.75) is 6.54 Å². The Morgan fingerprint density at radius 1 is 0.966 bits per heavy atom. The van der Waals surface area contributed by atoms with Crippen molar-refractivity contribution in [2.75, 3.05) is 0 Å². The molecule has 8 heteroatoms. The van der Waals surface area contributed by atoms with E-state index in [1.807, 2.05) is 82.8 Å². The van der Waals surface area contributed by atoms with E-state index < -0.39 is 0 Å². The Balaban J connectivity index is 1.78. The third-order valence-electron chi connectivity index (χ3n) is 5.07. The van der Waals surface area contributed by atoms with Gasteiger partial charge in [0.05, 0.1) is 46.7 Å². The number of aromatic nitrogens is 7. The summed E-state index contributed by atoms with van der Waals surface area (Å²) in [6.07, 6.45) is 5.57. The first-order valence-corrected chi connectivity index (χ1v) is 9.56. The average molecular weight is 404 g/mol. The predicted octanol–water partition coefficient (Wildman–Crippen LogP) is 3.89. The van der Waals surface area contributed by atoms with Gasteiger partial charge in [-0.05, 0) is 12.1 Å². The highest BCUT2D eigenvalue weighted by atomic mass is 35.5. The molecule has 3 aromatic rings. The van der Waals surface area contributed by atoms with Crippen molar-refractivity contribution in [2.24, 2.45) is 14.1 Å². The normalized spacial score (nSPS) is 11.4. The van der Waals surface area contributed by atoms with E-state index in [1.54, 1.807) is 6.33 Å². The van der Waals surface area contributed by atoms with Crippen molar-refractivity contribution >= 4 is 11.6 Å².